The van der Waals surface area contributed by atoms with E-state index in [1.807, 2.05) is 48.5 Å². The van der Waals surface area contributed by atoms with Gasteiger partial charge in [-0.2, -0.15) is 0 Å². The highest BCUT2D eigenvalue weighted by Crippen LogP contribution is 2.44. The molecule has 0 radical (unpaired) electrons. The molecule has 1 saturated carbocycles. The fourth-order valence-corrected chi connectivity index (χ4v) is 6.61. The summed E-state index contributed by atoms with van der Waals surface area (Å²) in [7, 11) is -3.82. The molecule has 0 bridgehead atoms. The quantitative estimate of drug-likeness (QED) is 0.344. The van der Waals surface area contributed by atoms with Crippen LogP contribution in [-0.4, -0.2) is 62.9 Å². The Hall–Kier alpha value is -2.69. The molecule has 0 atom stereocenters. The highest BCUT2D eigenvalue weighted by atomic mass is 35.5. The number of nitrogens with zero attached hydrogens (tertiary/aromatic N) is 2. The highest BCUT2D eigenvalue weighted by Gasteiger charge is 2.43. The van der Waals surface area contributed by atoms with Gasteiger partial charge in [-0.3, -0.25) is 14.0 Å². The van der Waals surface area contributed by atoms with Crippen LogP contribution in [0.15, 0.2) is 66.7 Å². The summed E-state index contributed by atoms with van der Waals surface area (Å²) < 4.78 is 41.9. The number of carbonyl (C=O) groups excluding carboxylic acids is 1. The minimum Gasteiger partial charge on any atom is -0.396 e. The molecule has 40 heavy (non-hydrogen) atoms. The van der Waals surface area contributed by atoms with Crippen molar-refractivity contribution in [1.29, 1.82) is 0 Å². The van der Waals surface area contributed by atoms with Crippen LogP contribution >= 0.6 is 23.2 Å². The first kappa shape index (κ1) is 28.8. The molecule has 11 heteroatoms. The SMILES string of the molecule is CS(=O)(=O)N(c1cc(F)cc(C(=O)NCC2(CO)CC2)c1)C1CN(C(c2ccc(Cl)cc2)c2ccc(Cl)cc2)C1. The maximum absolute atomic E-state index is 14.7. The molecule has 2 N–H and O–H groups in total. The van der Waals surface area contributed by atoms with Gasteiger partial charge in [-0.25, -0.2) is 12.8 Å². The Balaban J connectivity index is 1.39. The van der Waals surface area contributed by atoms with Gasteiger partial charge >= 0.3 is 0 Å². The Bertz CT molecular complexity index is 1450. The minimum atomic E-state index is -3.82. The van der Waals surface area contributed by atoms with E-state index in [4.69, 9.17) is 23.2 Å². The van der Waals surface area contributed by atoms with Gasteiger partial charge in [0, 0.05) is 40.7 Å². The van der Waals surface area contributed by atoms with Crippen LogP contribution < -0.4 is 9.62 Å². The summed E-state index contributed by atoms with van der Waals surface area (Å²) in [6.45, 7) is 0.993. The fourth-order valence-electron chi connectivity index (χ4n) is 5.19. The molecule has 3 aromatic carbocycles. The molecule has 2 fully saturated rings. The van der Waals surface area contributed by atoms with Gasteiger partial charge in [-0.1, -0.05) is 47.5 Å². The zero-order valence-corrected chi connectivity index (χ0v) is 24.2. The third-order valence-corrected chi connectivity index (χ3v) is 9.36. The molecular formula is C29H30Cl2FN3O4S. The lowest BCUT2D eigenvalue weighted by molar-refractivity contribution is 0.0934. The van der Waals surface area contributed by atoms with E-state index in [-0.39, 0.29) is 35.9 Å². The molecule has 0 aromatic heterocycles. The largest absolute Gasteiger partial charge is 0.396 e. The third kappa shape index (κ3) is 6.29. The van der Waals surface area contributed by atoms with E-state index in [1.54, 1.807) is 0 Å². The summed E-state index contributed by atoms with van der Waals surface area (Å²) >= 11 is 12.2. The van der Waals surface area contributed by atoms with Gasteiger partial charge in [0.15, 0.2) is 0 Å². The average molecular weight is 607 g/mol. The van der Waals surface area contributed by atoms with Gasteiger partial charge in [0.2, 0.25) is 10.0 Å². The number of amides is 1. The normalized spacial score (nSPS) is 16.9. The number of anilines is 1. The van der Waals surface area contributed by atoms with E-state index in [9.17, 15) is 22.7 Å². The molecule has 1 saturated heterocycles. The first-order valence-corrected chi connectivity index (χ1v) is 15.5. The Morgan fingerprint density at radius 2 is 1.60 bits per heavy atom. The summed E-state index contributed by atoms with van der Waals surface area (Å²) in [5.74, 6) is -1.23. The van der Waals surface area contributed by atoms with Crippen LogP contribution in [0.25, 0.3) is 0 Å². The molecule has 3 aromatic rings. The second-order valence-corrected chi connectivity index (χ2v) is 13.4. The van der Waals surface area contributed by atoms with Crippen molar-refractivity contribution >= 4 is 44.8 Å². The third-order valence-electron chi connectivity index (χ3n) is 7.63. The number of aliphatic hydroxyl groups excluding tert-OH is 1. The molecule has 5 rings (SSSR count). The Labute approximate surface area is 243 Å². The molecular weight excluding hydrogens is 576 g/mol. The van der Waals surface area contributed by atoms with E-state index in [0.717, 1.165) is 42.4 Å². The van der Waals surface area contributed by atoms with Crippen LogP contribution in [0, 0.1) is 11.2 Å². The van der Waals surface area contributed by atoms with E-state index in [1.165, 1.54) is 10.4 Å². The second kappa shape index (κ2) is 11.3. The second-order valence-electron chi connectivity index (χ2n) is 10.7. The molecule has 0 unspecified atom stereocenters. The van der Waals surface area contributed by atoms with Crippen LogP contribution in [0.5, 0.6) is 0 Å². The molecule has 1 aliphatic carbocycles. The standard InChI is InChI=1S/C29H30Cl2FN3O4S/c1-40(38,39)35(25-13-21(12-24(32)14-25)28(37)33-17-29(18-36)10-11-29)26-15-34(16-26)27(19-2-6-22(30)7-3-19)20-4-8-23(31)9-5-20/h2-9,12-14,26-27,36H,10-11,15-18H2,1H3,(H,33,37). The summed E-state index contributed by atoms with van der Waals surface area (Å²) in [5, 5.41) is 13.5. The van der Waals surface area contributed by atoms with Crippen LogP contribution in [0.1, 0.15) is 40.4 Å². The Kier molecular flexibility index (Phi) is 8.14. The molecule has 1 aliphatic heterocycles. The Morgan fingerprint density at radius 1 is 1.05 bits per heavy atom. The van der Waals surface area contributed by atoms with Crippen LogP contribution in [0.2, 0.25) is 10.0 Å². The van der Waals surface area contributed by atoms with Gasteiger partial charge in [-0.05, 0) is 66.4 Å². The maximum atomic E-state index is 14.7. The topological polar surface area (TPSA) is 90.0 Å². The summed E-state index contributed by atoms with van der Waals surface area (Å²) in [5.41, 5.74) is 1.77. The van der Waals surface area contributed by atoms with Crippen LogP contribution in [-0.2, 0) is 10.0 Å². The molecule has 1 heterocycles. The first-order valence-electron chi connectivity index (χ1n) is 12.9. The number of halogens is 3. The number of likely N-dealkylation sites (tertiary alicyclic amines) is 1. The first-order chi connectivity index (χ1) is 19.0. The lowest BCUT2D eigenvalue weighted by atomic mass is 9.93. The number of nitrogens with one attached hydrogen (secondary N) is 1. The predicted molar refractivity (Wildman–Crippen MR) is 155 cm³/mol. The van der Waals surface area contributed by atoms with Gasteiger partial charge < -0.3 is 10.4 Å². The van der Waals surface area contributed by atoms with Crippen molar-refractivity contribution in [2.75, 3.05) is 36.8 Å². The minimum absolute atomic E-state index is 0.0220. The molecule has 1 amide bonds. The molecule has 2 aliphatic rings. The van der Waals surface area contributed by atoms with Gasteiger partial charge in [0.05, 0.1) is 30.6 Å². The van der Waals surface area contributed by atoms with Crippen LogP contribution in [0.4, 0.5) is 10.1 Å². The fraction of sp³-hybridized carbons (Fsp3) is 0.345. The summed E-state index contributed by atoms with van der Waals surface area (Å²) in [6, 6.07) is 17.9. The number of carbonyl (C=O) groups is 1. The Morgan fingerprint density at radius 3 is 2.08 bits per heavy atom. The monoisotopic (exact) mass is 605 g/mol. The molecule has 212 valence electrons. The number of sulfonamides is 1. The van der Waals surface area contributed by atoms with Crippen LogP contribution in [0.3, 0.4) is 0 Å². The van der Waals surface area contributed by atoms with E-state index in [2.05, 4.69) is 10.2 Å². The van der Waals surface area contributed by atoms with Crippen molar-refractivity contribution in [3.05, 3.63) is 99.3 Å². The smallest absolute Gasteiger partial charge is 0.251 e. The van der Waals surface area contributed by atoms with Crippen molar-refractivity contribution < 1.29 is 22.7 Å². The van der Waals surface area contributed by atoms with Crippen molar-refractivity contribution in [1.82, 2.24) is 10.2 Å². The molecule has 7 nitrogen and oxygen atoms in total. The van der Waals surface area contributed by atoms with E-state index < -0.39 is 27.8 Å². The zero-order chi connectivity index (χ0) is 28.7. The summed E-state index contributed by atoms with van der Waals surface area (Å²) in [6.07, 6.45) is 2.70. The number of hydrogen-bond acceptors (Lipinski definition) is 5. The van der Waals surface area contributed by atoms with Crippen molar-refractivity contribution in [2.45, 2.75) is 24.9 Å². The maximum Gasteiger partial charge on any atom is 0.251 e. The van der Waals surface area contributed by atoms with Gasteiger partial charge in [-0.15, -0.1) is 0 Å². The number of hydrogen-bond donors (Lipinski definition) is 2. The summed E-state index contributed by atoms with van der Waals surface area (Å²) in [4.78, 5) is 14.9. The lowest BCUT2D eigenvalue weighted by Gasteiger charge is -2.48. The van der Waals surface area contributed by atoms with Gasteiger partial charge in [0.25, 0.3) is 5.91 Å². The van der Waals surface area contributed by atoms with Crippen molar-refractivity contribution in [3.63, 3.8) is 0 Å². The van der Waals surface area contributed by atoms with E-state index in [0.29, 0.717) is 23.1 Å². The number of rotatable bonds is 10. The van der Waals surface area contributed by atoms with Gasteiger partial charge in [0.1, 0.15) is 5.82 Å². The lowest BCUT2D eigenvalue weighted by Crippen LogP contribution is -2.61. The molecule has 0 spiro atoms. The van der Waals surface area contributed by atoms with Crippen molar-refractivity contribution in [3.8, 4) is 0 Å². The number of aliphatic hydroxyl groups is 1. The predicted octanol–water partition coefficient (Wildman–Crippen LogP) is 4.87. The van der Waals surface area contributed by atoms with Crippen molar-refractivity contribution in [2.24, 2.45) is 5.41 Å². The highest BCUT2D eigenvalue weighted by molar-refractivity contribution is 7.92. The average Bonchev–Trinajstić information content (AvgIpc) is 3.67. The zero-order valence-electron chi connectivity index (χ0n) is 21.9. The van der Waals surface area contributed by atoms with E-state index >= 15 is 0 Å². The number of benzene rings is 3.